The van der Waals surface area contributed by atoms with Crippen LogP contribution in [0.25, 0.3) is 10.6 Å². The summed E-state index contributed by atoms with van der Waals surface area (Å²) in [6, 6.07) is 1.34. The van der Waals surface area contributed by atoms with Gasteiger partial charge in [0.1, 0.15) is 0 Å². The first-order valence-electron chi connectivity index (χ1n) is 9.60. The fourth-order valence-corrected chi connectivity index (χ4v) is 3.52. The molecule has 0 aromatic rings. The van der Waals surface area contributed by atoms with Gasteiger partial charge in [-0.3, -0.25) is 0 Å². The van der Waals surface area contributed by atoms with Gasteiger partial charge in [-0.15, -0.1) is 23.2 Å². The molecule has 1 radical (unpaired) electrons. The van der Waals surface area contributed by atoms with Crippen LogP contribution in [0.1, 0.15) is 106 Å². The summed E-state index contributed by atoms with van der Waals surface area (Å²) in [6.07, 6.45) is 13.7. The van der Waals surface area contributed by atoms with Crippen LogP contribution in [0.15, 0.2) is 0 Å². The second-order valence-corrected chi connectivity index (χ2v) is 9.18. The third-order valence-electron chi connectivity index (χ3n) is 4.29. The van der Waals surface area contributed by atoms with Crippen LogP contribution in [0, 0.1) is 40.8 Å². The maximum Gasteiger partial charge on any atom is 3.00 e. The molecule has 4 heteroatoms. The van der Waals surface area contributed by atoms with Crippen molar-refractivity contribution in [1.82, 2.24) is 0 Å². The van der Waals surface area contributed by atoms with E-state index >= 15 is 0 Å². The normalized spacial score (nSPS) is 20.2. The van der Waals surface area contributed by atoms with Gasteiger partial charge in [-0.25, -0.2) is 0 Å². The van der Waals surface area contributed by atoms with Gasteiger partial charge in [0, 0.05) is 0 Å². The largest absolute Gasteiger partial charge is 3.00 e. The molecule has 0 saturated heterocycles. The van der Waals surface area contributed by atoms with Gasteiger partial charge in [-0.1, -0.05) is 106 Å². The number of halogens is 1. The summed E-state index contributed by atoms with van der Waals surface area (Å²) in [4.78, 5) is 0. The predicted molar refractivity (Wildman–Crippen MR) is 100.0 cm³/mol. The minimum atomic E-state index is 0. The summed E-state index contributed by atoms with van der Waals surface area (Å²) in [6.45, 7) is 13.2. The third kappa shape index (κ3) is 15.8. The number of hydrogen-bond acceptors (Lipinski definition) is 0. The van der Waals surface area contributed by atoms with Crippen LogP contribution in [0.3, 0.4) is 0 Å². The van der Waals surface area contributed by atoms with Gasteiger partial charge in [0.2, 0.25) is 0 Å². The van der Waals surface area contributed by atoms with Crippen LogP contribution in [0.4, 0.5) is 0 Å². The average molecular weight is 488 g/mol. The minimum Gasteiger partial charge on any atom is -1.00 e. The molecular formula is C20H40ClN2Nd. The van der Waals surface area contributed by atoms with Crippen molar-refractivity contribution in [2.24, 2.45) is 0 Å². The summed E-state index contributed by atoms with van der Waals surface area (Å²) in [5.41, 5.74) is 0.365. The van der Waals surface area contributed by atoms with Gasteiger partial charge >= 0.3 is 40.8 Å². The van der Waals surface area contributed by atoms with Crippen molar-refractivity contribution in [2.75, 3.05) is 0 Å². The quantitative estimate of drug-likeness (QED) is 0.563. The van der Waals surface area contributed by atoms with Gasteiger partial charge in [0.25, 0.3) is 0 Å². The molecule has 2 aliphatic rings. The van der Waals surface area contributed by atoms with Crippen LogP contribution in [-0.2, 0) is 0 Å². The SMILES string of the molecule is CC(C)(C)[N-]C1CCCCC1.CC(C)(C)[N-]C1CCCCC1.[Cl-].[Nd+3]. The Morgan fingerprint density at radius 2 is 0.792 bits per heavy atom. The molecule has 2 rings (SSSR count). The Balaban J connectivity index is 0. The molecule has 0 aromatic carbocycles. The topological polar surface area (TPSA) is 28.2 Å². The first-order valence-corrected chi connectivity index (χ1v) is 9.60. The first kappa shape index (κ1) is 27.8. The zero-order valence-corrected chi connectivity index (χ0v) is 21.0. The molecule has 0 aliphatic heterocycles. The molecule has 2 fully saturated rings. The Morgan fingerprint density at radius 3 is 1.00 bits per heavy atom. The molecule has 2 aliphatic carbocycles. The molecule has 0 amide bonds. The first-order chi connectivity index (χ1) is 10.2. The standard InChI is InChI=1S/2C10H20N.ClH.Nd/c2*1-10(2,3)11-9-7-5-4-6-8-9;;/h2*9H,4-8H2,1-3H3;1H;/q2*-1;;+3/p-1. The molecule has 2 saturated carbocycles. The van der Waals surface area contributed by atoms with Crippen molar-refractivity contribution in [3.05, 3.63) is 10.6 Å². The second-order valence-electron chi connectivity index (χ2n) is 9.18. The molecule has 2 nitrogen and oxygen atoms in total. The van der Waals surface area contributed by atoms with E-state index in [1.54, 1.807) is 0 Å². The summed E-state index contributed by atoms with van der Waals surface area (Å²) in [7, 11) is 0. The zero-order chi connectivity index (χ0) is 16.6. The van der Waals surface area contributed by atoms with Crippen LogP contribution in [-0.4, -0.2) is 23.2 Å². The fourth-order valence-electron chi connectivity index (χ4n) is 3.52. The van der Waals surface area contributed by atoms with Crippen LogP contribution in [0.2, 0.25) is 0 Å². The van der Waals surface area contributed by atoms with Gasteiger partial charge in [-0.05, 0) is 0 Å². The molecule has 0 N–H and O–H groups in total. The van der Waals surface area contributed by atoms with Crippen molar-refractivity contribution in [1.29, 1.82) is 0 Å². The molecule has 0 heterocycles. The Bertz CT molecular complexity index is 255. The van der Waals surface area contributed by atoms with Crippen LogP contribution in [0.5, 0.6) is 0 Å². The number of rotatable bonds is 2. The maximum absolute atomic E-state index is 4.77. The van der Waals surface area contributed by atoms with Gasteiger partial charge in [0.15, 0.2) is 0 Å². The predicted octanol–water partition coefficient (Wildman–Crippen LogP) is 3.99. The summed E-state index contributed by atoms with van der Waals surface area (Å²) >= 11 is 0. The van der Waals surface area contributed by atoms with E-state index in [-0.39, 0.29) is 64.3 Å². The van der Waals surface area contributed by atoms with Crippen molar-refractivity contribution in [3.63, 3.8) is 0 Å². The van der Waals surface area contributed by atoms with E-state index in [1.807, 2.05) is 0 Å². The Hall–Kier alpha value is 1.56. The monoisotopic (exact) mass is 485 g/mol. The van der Waals surface area contributed by atoms with E-state index in [1.165, 1.54) is 64.2 Å². The summed E-state index contributed by atoms with van der Waals surface area (Å²) in [5, 5.41) is 9.54. The van der Waals surface area contributed by atoms with E-state index in [0.717, 1.165) is 0 Å². The van der Waals surface area contributed by atoms with E-state index < -0.39 is 0 Å². The molecule has 0 aromatic heterocycles. The average Bonchev–Trinajstić information content (AvgIpc) is 2.38. The third-order valence-corrected chi connectivity index (χ3v) is 4.29. The van der Waals surface area contributed by atoms with Crippen molar-refractivity contribution in [3.8, 4) is 0 Å². The van der Waals surface area contributed by atoms with Gasteiger partial charge in [0.05, 0.1) is 0 Å². The van der Waals surface area contributed by atoms with E-state index in [9.17, 15) is 0 Å². The van der Waals surface area contributed by atoms with Gasteiger partial charge in [-0.2, -0.15) is 0 Å². The summed E-state index contributed by atoms with van der Waals surface area (Å²) < 4.78 is 0. The van der Waals surface area contributed by atoms with Crippen molar-refractivity contribution < 1.29 is 53.2 Å². The fraction of sp³-hybridized carbons (Fsp3) is 1.00. The van der Waals surface area contributed by atoms with Crippen molar-refractivity contribution in [2.45, 2.75) is 129 Å². The van der Waals surface area contributed by atoms with Crippen molar-refractivity contribution >= 4 is 0 Å². The molecule has 0 bridgehead atoms. The molecule has 24 heavy (non-hydrogen) atoms. The summed E-state index contributed by atoms with van der Waals surface area (Å²) in [5.74, 6) is 0. The smallest absolute Gasteiger partial charge is 1.00 e. The molecule has 141 valence electrons. The van der Waals surface area contributed by atoms with E-state index in [4.69, 9.17) is 10.6 Å². The zero-order valence-electron chi connectivity index (χ0n) is 17.0. The Morgan fingerprint density at radius 1 is 0.542 bits per heavy atom. The van der Waals surface area contributed by atoms with E-state index in [0.29, 0.717) is 12.1 Å². The molecule has 0 atom stereocenters. The second kappa shape index (κ2) is 13.7. The van der Waals surface area contributed by atoms with Crippen LogP contribution < -0.4 is 12.4 Å². The van der Waals surface area contributed by atoms with E-state index in [2.05, 4.69) is 41.5 Å². The van der Waals surface area contributed by atoms with Crippen LogP contribution >= 0.6 is 0 Å². The van der Waals surface area contributed by atoms with Gasteiger partial charge < -0.3 is 23.0 Å². The maximum atomic E-state index is 4.77. The minimum absolute atomic E-state index is 0. The molecule has 0 unspecified atom stereocenters. The molecular weight excluding hydrogens is 448 g/mol. The number of hydrogen-bond donors (Lipinski definition) is 0. The Labute approximate surface area is 191 Å². The molecule has 0 spiro atoms. The number of nitrogens with zero attached hydrogens (tertiary/aromatic N) is 2. The Kier molecular flexibility index (Phi) is 15.8.